The molecular formula is C27H34N2O7. The van der Waals surface area contributed by atoms with E-state index in [0.717, 1.165) is 13.0 Å². The Balaban J connectivity index is 1.57. The number of nitrogens with one attached hydrogen (secondary N) is 1. The maximum absolute atomic E-state index is 13.4. The van der Waals surface area contributed by atoms with Crippen molar-refractivity contribution in [2.24, 2.45) is 5.92 Å². The third-order valence-electron chi connectivity index (χ3n) is 6.76. The molecule has 1 fully saturated rings. The van der Waals surface area contributed by atoms with Gasteiger partial charge < -0.3 is 29.2 Å². The Bertz CT molecular complexity index is 1160. The average molecular weight is 499 g/mol. The fourth-order valence-corrected chi connectivity index (χ4v) is 4.94. The molecule has 2 amide bonds. The van der Waals surface area contributed by atoms with Gasteiger partial charge in [0.2, 0.25) is 12.2 Å². The summed E-state index contributed by atoms with van der Waals surface area (Å²) in [6.45, 7) is 3.94. The highest BCUT2D eigenvalue weighted by atomic mass is 16.7. The number of hydrogen-bond donors (Lipinski definition) is 2. The van der Waals surface area contributed by atoms with E-state index in [9.17, 15) is 19.5 Å². The van der Waals surface area contributed by atoms with Crippen molar-refractivity contribution in [3.8, 4) is 0 Å². The minimum absolute atomic E-state index is 0.00896. The molecule has 3 unspecified atom stereocenters. The number of rotatable bonds is 11. The van der Waals surface area contributed by atoms with Gasteiger partial charge in [-0.2, -0.15) is 0 Å². The van der Waals surface area contributed by atoms with Gasteiger partial charge in [-0.05, 0) is 50.8 Å². The Labute approximate surface area is 210 Å². The summed E-state index contributed by atoms with van der Waals surface area (Å²) >= 11 is 0. The van der Waals surface area contributed by atoms with E-state index in [1.807, 2.05) is 11.8 Å². The van der Waals surface area contributed by atoms with Crippen LogP contribution >= 0.6 is 0 Å². The monoisotopic (exact) mass is 498 g/mol. The number of carbonyl (C=O) groups excluding carboxylic acids is 2. The summed E-state index contributed by atoms with van der Waals surface area (Å²) in [6, 6.07) is 7.04. The van der Waals surface area contributed by atoms with Gasteiger partial charge in [-0.3, -0.25) is 14.4 Å². The predicted molar refractivity (Wildman–Crippen MR) is 133 cm³/mol. The van der Waals surface area contributed by atoms with Crippen LogP contribution in [0.3, 0.4) is 0 Å². The first-order valence-electron chi connectivity index (χ1n) is 12.7. The molecule has 0 bridgehead atoms. The van der Waals surface area contributed by atoms with Crippen LogP contribution in [0, 0.1) is 5.92 Å². The number of nitrogens with zero attached hydrogens (tertiary/aromatic N) is 1. The number of allylic oxidation sites excluding steroid dienone is 1. The van der Waals surface area contributed by atoms with Crippen molar-refractivity contribution in [1.29, 1.82) is 0 Å². The lowest BCUT2D eigenvalue weighted by atomic mass is 9.81. The summed E-state index contributed by atoms with van der Waals surface area (Å²) < 4.78 is 17.6. The largest absolute Gasteiger partial charge is 0.464 e. The zero-order valence-corrected chi connectivity index (χ0v) is 20.6. The molecular weight excluding hydrogens is 464 g/mol. The van der Waals surface area contributed by atoms with Crippen LogP contribution in [0.15, 0.2) is 51.6 Å². The summed E-state index contributed by atoms with van der Waals surface area (Å²) in [5, 5.41) is 12.8. The molecule has 4 rings (SSSR count). The first kappa shape index (κ1) is 25.9. The van der Waals surface area contributed by atoms with E-state index < -0.39 is 18.1 Å². The second kappa shape index (κ2) is 12.2. The standard InChI is InChI=1S/C27H34N2O7/c1-2-34-27-18(9-6-15-30)20(21-17-35-22-10-4-3-8-19(22)25(21)32)16-23(36-27)26(33)28-12-7-14-29-13-5-11-24(29)31/h3-4,8,10,16-18,20,27,30H,2,5-7,9,11-15H2,1H3,(H,28,33). The molecule has 1 saturated heterocycles. The number of likely N-dealkylation sites (tertiary alicyclic amines) is 1. The van der Waals surface area contributed by atoms with Gasteiger partial charge >= 0.3 is 0 Å². The molecule has 0 saturated carbocycles. The van der Waals surface area contributed by atoms with Crippen molar-refractivity contribution in [3.05, 3.63) is 58.2 Å². The van der Waals surface area contributed by atoms with Gasteiger partial charge in [0.05, 0.1) is 11.6 Å². The van der Waals surface area contributed by atoms with Crippen LogP contribution in [0.25, 0.3) is 11.0 Å². The minimum atomic E-state index is -0.759. The smallest absolute Gasteiger partial charge is 0.286 e. The lowest BCUT2D eigenvalue weighted by Gasteiger charge is -2.36. The molecule has 3 atom stereocenters. The van der Waals surface area contributed by atoms with E-state index >= 15 is 0 Å². The van der Waals surface area contributed by atoms with Crippen LogP contribution in [0.2, 0.25) is 0 Å². The fourth-order valence-electron chi connectivity index (χ4n) is 4.94. The first-order chi connectivity index (χ1) is 17.5. The normalized spacial score (nSPS) is 21.9. The molecule has 194 valence electrons. The van der Waals surface area contributed by atoms with Crippen LogP contribution in [-0.2, 0) is 19.1 Å². The van der Waals surface area contributed by atoms with E-state index in [-0.39, 0.29) is 29.6 Å². The summed E-state index contributed by atoms with van der Waals surface area (Å²) in [7, 11) is 0. The van der Waals surface area contributed by atoms with Gasteiger partial charge in [-0.25, -0.2) is 0 Å². The maximum Gasteiger partial charge on any atom is 0.286 e. The van der Waals surface area contributed by atoms with Crippen molar-refractivity contribution in [1.82, 2.24) is 10.2 Å². The second-order valence-electron chi connectivity index (χ2n) is 9.14. The topological polar surface area (TPSA) is 118 Å². The number of para-hydroxylation sites is 1. The maximum atomic E-state index is 13.4. The Morgan fingerprint density at radius 2 is 2.08 bits per heavy atom. The van der Waals surface area contributed by atoms with Gasteiger partial charge in [-0.15, -0.1) is 0 Å². The van der Waals surface area contributed by atoms with Gasteiger partial charge in [0.1, 0.15) is 5.58 Å². The molecule has 2 N–H and O–H groups in total. The zero-order valence-electron chi connectivity index (χ0n) is 20.6. The fraction of sp³-hybridized carbons (Fsp3) is 0.519. The number of aliphatic hydroxyl groups excluding tert-OH is 1. The van der Waals surface area contributed by atoms with E-state index in [1.165, 1.54) is 6.26 Å². The summed E-state index contributed by atoms with van der Waals surface area (Å²) in [6.07, 6.45) is 5.50. The Hall–Kier alpha value is -3.17. The SMILES string of the molecule is CCOC1OC(C(=O)NCCCN2CCCC2=O)=CC(c2coc3ccccc3c2=O)C1CCCO. The third-order valence-corrected chi connectivity index (χ3v) is 6.76. The van der Waals surface area contributed by atoms with Crippen molar-refractivity contribution < 1.29 is 28.6 Å². The molecule has 1 aromatic carbocycles. The second-order valence-corrected chi connectivity index (χ2v) is 9.14. The van der Waals surface area contributed by atoms with Crippen molar-refractivity contribution in [2.75, 3.05) is 32.8 Å². The summed E-state index contributed by atoms with van der Waals surface area (Å²) in [5.41, 5.74) is 0.742. The van der Waals surface area contributed by atoms with Crippen LogP contribution in [0.1, 0.15) is 50.5 Å². The number of fused-ring (bicyclic) bond motifs is 1. The minimum Gasteiger partial charge on any atom is -0.464 e. The van der Waals surface area contributed by atoms with Crippen molar-refractivity contribution >= 4 is 22.8 Å². The van der Waals surface area contributed by atoms with E-state index in [4.69, 9.17) is 13.9 Å². The molecule has 3 heterocycles. The van der Waals surface area contributed by atoms with Crippen molar-refractivity contribution in [3.63, 3.8) is 0 Å². The third kappa shape index (κ3) is 5.79. The molecule has 9 heteroatoms. The molecule has 1 aromatic heterocycles. The number of aliphatic hydroxyl groups is 1. The van der Waals surface area contributed by atoms with E-state index in [2.05, 4.69) is 5.32 Å². The van der Waals surface area contributed by atoms with Crippen LogP contribution < -0.4 is 10.7 Å². The van der Waals surface area contributed by atoms with Crippen molar-refractivity contribution in [2.45, 2.75) is 51.2 Å². The number of carbonyl (C=O) groups is 2. The first-order valence-corrected chi connectivity index (χ1v) is 12.7. The molecule has 9 nitrogen and oxygen atoms in total. The molecule has 2 aliphatic rings. The molecule has 0 spiro atoms. The molecule has 2 aliphatic heterocycles. The molecule has 0 radical (unpaired) electrons. The highest BCUT2D eigenvalue weighted by molar-refractivity contribution is 5.91. The van der Waals surface area contributed by atoms with Crippen LogP contribution in [0.5, 0.6) is 0 Å². The quantitative estimate of drug-likeness (QED) is 0.457. The highest BCUT2D eigenvalue weighted by Crippen LogP contribution is 2.38. The number of ether oxygens (including phenoxy) is 2. The van der Waals surface area contributed by atoms with E-state index in [0.29, 0.717) is 61.9 Å². The van der Waals surface area contributed by atoms with Gasteiger partial charge in [-0.1, -0.05) is 12.1 Å². The number of benzene rings is 1. The van der Waals surface area contributed by atoms with Crippen LogP contribution in [-0.4, -0.2) is 61.0 Å². The van der Waals surface area contributed by atoms with Gasteiger partial charge in [0, 0.05) is 56.7 Å². The number of hydrogen-bond acceptors (Lipinski definition) is 7. The Morgan fingerprint density at radius 3 is 2.83 bits per heavy atom. The Kier molecular flexibility index (Phi) is 8.77. The molecule has 2 aromatic rings. The van der Waals surface area contributed by atoms with Crippen LogP contribution in [0.4, 0.5) is 0 Å². The summed E-state index contributed by atoms with van der Waals surface area (Å²) in [5.74, 6) is -0.943. The number of amides is 2. The molecule has 0 aliphatic carbocycles. The molecule has 36 heavy (non-hydrogen) atoms. The van der Waals surface area contributed by atoms with Gasteiger partial charge in [0.25, 0.3) is 5.91 Å². The van der Waals surface area contributed by atoms with Gasteiger partial charge in [0.15, 0.2) is 11.2 Å². The Morgan fingerprint density at radius 1 is 1.25 bits per heavy atom. The average Bonchev–Trinajstić information content (AvgIpc) is 3.30. The lowest BCUT2D eigenvalue weighted by Crippen LogP contribution is -2.40. The zero-order chi connectivity index (χ0) is 25.5. The lowest BCUT2D eigenvalue weighted by molar-refractivity contribution is -0.166. The van der Waals surface area contributed by atoms with E-state index in [1.54, 1.807) is 30.3 Å². The predicted octanol–water partition coefficient (Wildman–Crippen LogP) is 2.67. The summed E-state index contributed by atoms with van der Waals surface area (Å²) in [4.78, 5) is 40.0. The highest BCUT2D eigenvalue weighted by Gasteiger charge is 2.39.